The van der Waals surface area contributed by atoms with Gasteiger partial charge in [-0.2, -0.15) is 0 Å². The molecule has 0 aromatic heterocycles. The summed E-state index contributed by atoms with van der Waals surface area (Å²) in [5, 5.41) is 3.46. The molecular weight excluding hydrogens is 300 g/mol. The van der Waals surface area contributed by atoms with E-state index in [1.165, 1.54) is 16.8 Å². The Hall–Kier alpha value is -1.48. The molecule has 3 heteroatoms. The highest BCUT2D eigenvalue weighted by Gasteiger charge is 2.15. The SMILES string of the molecule is CN1CCc2cc(CNc3cccc(Br)c3)ccc21. The maximum Gasteiger partial charge on any atom is 0.0400 e. The fraction of sp³-hybridized carbons (Fsp3) is 0.250. The number of anilines is 2. The van der Waals surface area contributed by atoms with Gasteiger partial charge in [0.1, 0.15) is 0 Å². The van der Waals surface area contributed by atoms with Crippen molar-refractivity contribution >= 4 is 27.3 Å². The maximum atomic E-state index is 3.49. The summed E-state index contributed by atoms with van der Waals surface area (Å²) in [7, 11) is 2.16. The zero-order valence-electron chi connectivity index (χ0n) is 11.0. The smallest absolute Gasteiger partial charge is 0.0400 e. The van der Waals surface area contributed by atoms with Gasteiger partial charge in [0.2, 0.25) is 0 Å². The minimum Gasteiger partial charge on any atom is -0.381 e. The van der Waals surface area contributed by atoms with E-state index < -0.39 is 0 Å². The number of fused-ring (bicyclic) bond motifs is 1. The molecule has 1 aliphatic heterocycles. The molecule has 0 fully saturated rings. The van der Waals surface area contributed by atoms with Crippen LogP contribution >= 0.6 is 15.9 Å². The molecule has 0 unspecified atom stereocenters. The van der Waals surface area contributed by atoms with Gasteiger partial charge in [0.25, 0.3) is 0 Å². The Labute approximate surface area is 122 Å². The van der Waals surface area contributed by atoms with Gasteiger partial charge in [-0.15, -0.1) is 0 Å². The lowest BCUT2D eigenvalue weighted by molar-refractivity contribution is 0.955. The molecule has 1 heterocycles. The van der Waals surface area contributed by atoms with E-state index >= 15 is 0 Å². The van der Waals surface area contributed by atoms with Crippen molar-refractivity contribution in [1.29, 1.82) is 0 Å². The highest BCUT2D eigenvalue weighted by Crippen LogP contribution is 2.27. The molecule has 1 aliphatic rings. The molecule has 0 atom stereocenters. The van der Waals surface area contributed by atoms with Gasteiger partial charge in [-0.1, -0.05) is 34.1 Å². The zero-order chi connectivity index (χ0) is 13.2. The first-order chi connectivity index (χ1) is 9.22. The van der Waals surface area contributed by atoms with Crippen molar-refractivity contribution < 1.29 is 0 Å². The standard InChI is InChI=1S/C16H17BrN2/c1-19-8-7-13-9-12(5-6-16(13)19)11-18-15-4-2-3-14(17)10-15/h2-6,9-10,18H,7-8,11H2,1H3. The van der Waals surface area contributed by atoms with Gasteiger partial charge < -0.3 is 10.2 Å². The Morgan fingerprint density at radius 1 is 1.21 bits per heavy atom. The summed E-state index contributed by atoms with van der Waals surface area (Å²) in [5.74, 6) is 0. The van der Waals surface area contributed by atoms with Crippen molar-refractivity contribution in [2.75, 3.05) is 23.8 Å². The Kier molecular flexibility index (Phi) is 3.47. The Bertz CT molecular complexity index is 595. The third kappa shape index (κ3) is 2.76. The van der Waals surface area contributed by atoms with Crippen molar-refractivity contribution in [3.63, 3.8) is 0 Å². The van der Waals surface area contributed by atoms with E-state index in [-0.39, 0.29) is 0 Å². The van der Waals surface area contributed by atoms with Crippen LogP contribution in [0.25, 0.3) is 0 Å². The fourth-order valence-corrected chi connectivity index (χ4v) is 2.93. The average Bonchev–Trinajstić information content (AvgIpc) is 2.78. The predicted octanol–water partition coefficient (Wildman–Crippen LogP) is 4.05. The minimum absolute atomic E-state index is 0.868. The highest BCUT2D eigenvalue weighted by atomic mass is 79.9. The molecule has 2 nitrogen and oxygen atoms in total. The summed E-state index contributed by atoms with van der Waals surface area (Å²) in [4.78, 5) is 2.32. The maximum absolute atomic E-state index is 3.49. The Morgan fingerprint density at radius 3 is 2.95 bits per heavy atom. The van der Waals surface area contributed by atoms with E-state index in [4.69, 9.17) is 0 Å². The van der Waals surface area contributed by atoms with Crippen LogP contribution in [-0.4, -0.2) is 13.6 Å². The van der Waals surface area contributed by atoms with Gasteiger partial charge in [0, 0.05) is 36.0 Å². The molecule has 0 spiro atoms. The van der Waals surface area contributed by atoms with E-state index in [9.17, 15) is 0 Å². The third-order valence-electron chi connectivity index (χ3n) is 3.59. The average molecular weight is 317 g/mol. The number of likely N-dealkylation sites (N-methyl/N-ethyl adjacent to an activating group) is 1. The Balaban J connectivity index is 1.71. The molecule has 2 aromatic carbocycles. The van der Waals surface area contributed by atoms with E-state index in [2.05, 4.69) is 63.5 Å². The second kappa shape index (κ2) is 5.25. The monoisotopic (exact) mass is 316 g/mol. The van der Waals surface area contributed by atoms with Gasteiger partial charge in [0.05, 0.1) is 0 Å². The topological polar surface area (TPSA) is 15.3 Å². The van der Waals surface area contributed by atoms with Gasteiger partial charge in [-0.25, -0.2) is 0 Å². The van der Waals surface area contributed by atoms with Crippen molar-refractivity contribution in [3.8, 4) is 0 Å². The van der Waals surface area contributed by atoms with Crippen LogP contribution in [-0.2, 0) is 13.0 Å². The predicted molar refractivity (Wildman–Crippen MR) is 84.9 cm³/mol. The van der Waals surface area contributed by atoms with Gasteiger partial charge in [0.15, 0.2) is 0 Å². The van der Waals surface area contributed by atoms with E-state index in [1.54, 1.807) is 0 Å². The third-order valence-corrected chi connectivity index (χ3v) is 4.09. The number of halogens is 1. The summed E-state index contributed by atoms with van der Waals surface area (Å²) in [6.45, 7) is 2.01. The Morgan fingerprint density at radius 2 is 2.11 bits per heavy atom. The molecule has 0 amide bonds. The first kappa shape index (κ1) is 12.5. The van der Waals surface area contributed by atoms with Crippen LogP contribution in [0, 0.1) is 0 Å². The van der Waals surface area contributed by atoms with E-state index in [0.29, 0.717) is 0 Å². The summed E-state index contributed by atoms with van der Waals surface area (Å²) >= 11 is 3.49. The van der Waals surface area contributed by atoms with Gasteiger partial charge in [-0.3, -0.25) is 0 Å². The first-order valence-corrected chi connectivity index (χ1v) is 7.34. The van der Waals surface area contributed by atoms with E-state index in [1.807, 2.05) is 12.1 Å². The normalized spacial score (nSPS) is 13.5. The van der Waals surface area contributed by atoms with Crippen LogP contribution in [0.2, 0.25) is 0 Å². The first-order valence-electron chi connectivity index (χ1n) is 6.55. The largest absolute Gasteiger partial charge is 0.381 e. The molecule has 1 N–H and O–H groups in total. The molecule has 0 saturated heterocycles. The number of hydrogen-bond acceptors (Lipinski definition) is 2. The molecule has 0 radical (unpaired) electrons. The van der Waals surface area contributed by atoms with Gasteiger partial charge >= 0.3 is 0 Å². The number of hydrogen-bond donors (Lipinski definition) is 1. The summed E-state index contributed by atoms with van der Waals surface area (Å²) in [6.07, 6.45) is 1.16. The van der Waals surface area contributed by atoms with E-state index in [0.717, 1.165) is 29.7 Å². The lowest BCUT2D eigenvalue weighted by atomic mass is 10.1. The van der Waals surface area contributed by atoms with Crippen LogP contribution in [0.1, 0.15) is 11.1 Å². The lowest BCUT2D eigenvalue weighted by Crippen LogP contribution is -2.12. The highest BCUT2D eigenvalue weighted by molar-refractivity contribution is 9.10. The van der Waals surface area contributed by atoms with Crippen LogP contribution in [0.4, 0.5) is 11.4 Å². The number of rotatable bonds is 3. The minimum atomic E-state index is 0.868. The second-order valence-corrected chi connectivity index (χ2v) is 5.91. The number of nitrogens with zero attached hydrogens (tertiary/aromatic N) is 1. The molecule has 98 valence electrons. The molecule has 2 aromatic rings. The molecule has 0 bridgehead atoms. The molecular formula is C16H17BrN2. The van der Waals surface area contributed by atoms with Crippen LogP contribution in [0.3, 0.4) is 0 Å². The van der Waals surface area contributed by atoms with Crippen LogP contribution in [0.15, 0.2) is 46.9 Å². The number of nitrogens with one attached hydrogen (secondary N) is 1. The van der Waals surface area contributed by atoms with Crippen LogP contribution < -0.4 is 10.2 Å². The van der Waals surface area contributed by atoms with Crippen molar-refractivity contribution in [3.05, 3.63) is 58.1 Å². The number of benzene rings is 2. The summed E-state index contributed by atoms with van der Waals surface area (Å²) < 4.78 is 1.10. The molecule has 19 heavy (non-hydrogen) atoms. The zero-order valence-corrected chi connectivity index (χ0v) is 12.6. The quantitative estimate of drug-likeness (QED) is 0.918. The molecule has 0 saturated carbocycles. The molecule has 3 rings (SSSR count). The second-order valence-electron chi connectivity index (χ2n) is 5.00. The van der Waals surface area contributed by atoms with Crippen molar-refractivity contribution in [2.45, 2.75) is 13.0 Å². The van der Waals surface area contributed by atoms with Gasteiger partial charge in [-0.05, 0) is 41.8 Å². The summed E-state index contributed by atoms with van der Waals surface area (Å²) in [6, 6.07) is 15.0. The fourth-order valence-electron chi connectivity index (χ4n) is 2.53. The van der Waals surface area contributed by atoms with Crippen LogP contribution in [0.5, 0.6) is 0 Å². The lowest BCUT2D eigenvalue weighted by Gasteiger charge is -2.12. The summed E-state index contributed by atoms with van der Waals surface area (Å²) in [5.41, 5.74) is 5.34. The van der Waals surface area contributed by atoms with Crippen molar-refractivity contribution in [2.24, 2.45) is 0 Å². The molecule has 0 aliphatic carbocycles. The van der Waals surface area contributed by atoms with Crippen molar-refractivity contribution in [1.82, 2.24) is 0 Å².